The van der Waals surface area contributed by atoms with Crippen LogP contribution in [-0.2, 0) is 6.54 Å². The molecule has 1 aliphatic carbocycles. The van der Waals surface area contributed by atoms with Crippen molar-refractivity contribution in [3.05, 3.63) is 40.1 Å². The Hall–Kier alpha value is -1.13. The molecule has 3 nitrogen and oxygen atoms in total. The first kappa shape index (κ1) is 11.9. The number of nitrogens with zero attached hydrogens (tertiary/aromatic N) is 1. The van der Waals surface area contributed by atoms with Gasteiger partial charge in [-0.3, -0.25) is 0 Å². The predicted octanol–water partition coefficient (Wildman–Crippen LogP) is 3.44. The number of hydrogen-bond acceptors (Lipinski definition) is 2. The lowest BCUT2D eigenvalue weighted by Gasteiger charge is -1.98. The zero-order chi connectivity index (χ0) is 12.5. The zero-order valence-electron chi connectivity index (χ0n) is 10.3. The van der Waals surface area contributed by atoms with E-state index < -0.39 is 0 Å². The van der Waals surface area contributed by atoms with E-state index >= 15 is 0 Å². The molecular formula is C14H16BrN3. The highest BCUT2D eigenvalue weighted by Gasteiger charge is 2.29. The van der Waals surface area contributed by atoms with Crippen LogP contribution in [0.3, 0.4) is 0 Å². The Balaban J connectivity index is 1.96. The van der Waals surface area contributed by atoms with Gasteiger partial charge in [0.2, 0.25) is 0 Å². The van der Waals surface area contributed by atoms with Crippen molar-refractivity contribution >= 4 is 15.9 Å². The van der Waals surface area contributed by atoms with Gasteiger partial charge >= 0.3 is 0 Å². The fourth-order valence-corrected chi connectivity index (χ4v) is 2.44. The van der Waals surface area contributed by atoms with E-state index in [9.17, 15) is 0 Å². The smallest absolute Gasteiger partial charge is 0.137 e. The summed E-state index contributed by atoms with van der Waals surface area (Å²) in [5.41, 5.74) is 3.63. The van der Waals surface area contributed by atoms with Crippen molar-refractivity contribution in [2.24, 2.45) is 0 Å². The number of hydrogen-bond donors (Lipinski definition) is 2. The second-order valence-corrected chi connectivity index (χ2v) is 5.68. The Kier molecular flexibility index (Phi) is 3.22. The van der Waals surface area contributed by atoms with E-state index in [-0.39, 0.29) is 0 Å². The van der Waals surface area contributed by atoms with Gasteiger partial charge in [0.15, 0.2) is 0 Å². The van der Waals surface area contributed by atoms with Gasteiger partial charge in [-0.2, -0.15) is 0 Å². The van der Waals surface area contributed by atoms with Crippen molar-refractivity contribution in [3.63, 3.8) is 0 Å². The van der Waals surface area contributed by atoms with Gasteiger partial charge < -0.3 is 10.3 Å². The van der Waals surface area contributed by atoms with Crippen molar-refractivity contribution in [2.75, 3.05) is 7.05 Å². The molecule has 2 aromatic rings. The lowest BCUT2D eigenvalue weighted by molar-refractivity contribution is 0.782. The zero-order valence-corrected chi connectivity index (χ0v) is 11.9. The molecule has 0 radical (unpaired) electrons. The molecule has 0 spiro atoms. The highest BCUT2D eigenvalue weighted by Crippen LogP contribution is 2.41. The average molecular weight is 306 g/mol. The van der Waals surface area contributed by atoms with E-state index in [4.69, 9.17) is 4.98 Å². The van der Waals surface area contributed by atoms with Gasteiger partial charge in [-0.1, -0.05) is 28.1 Å². The number of benzene rings is 1. The number of aromatic nitrogens is 2. The van der Waals surface area contributed by atoms with Crippen LogP contribution in [0.15, 0.2) is 28.7 Å². The van der Waals surface area contributed by atoms with E-state index in [1.54, 1.807) is 0 Å². The molecule has 2 N–H and O–H groups in total. The van der Waals surface area contributed by atoms with Gasteiger partial charge in [0.1, 0.15) is 5.82 Å². The summed E-state index contributed by atoms with van der Waals surface area (Å²) in [4.78, 5) is 8.23. The van der Waals surface area contributed by atoms with E-state index in [0.717, 1.165) is 22.4 Å². The molecule has 18 heavy (non-hydrogen) atoms. The van der Waals surface area contributed by atoms with Crippen molar-refractivity contribution < 1.29 is 0 Å². The standard InChI is InChI=1S/C14H16BrN3/c1-16-8-12-13(9-2-3-9)18-14(17-12)10-4-6-11(15)7-5-10/h4-7,9,16H,2-3,8H2,1H3,(H,17,18). The Bertz CT molecular complexity index is 541. The normalized spacial score (nSPS) is 15.0. The summed E-state index contributed by atoms with van der Waals surface area (Å²) in [6, 6.07) is 8.27. The summed E-state index contributed by atoms with van der Waals surface area (Å²) in [5, 5.41) is 3.20. The van der Waals surface area contributed by atoms with E-state index in [1.165, 1.54) is 24.2 Å². The first-order valence-corrected chi connectivity index (χ1v) is 7.06. The Morgan fingerprint density at radius 1 is 1.33 bits per heavy atom. The summed E-state index contributed by atoms with van der Waals surface area (Å²) in [7, 11) is 1.97. The summed E-state index contributed by atoms with van der Waals surface area (Å²) in [6.07, 6.45) is 2.56. The minimum absolute atomic E-state index is 0.675. The second kappa shape index (κ2) is 4.86. The molecule has 1 fully saturated rings. The number of aromatic amines is 1. The minimum atomic E-state index is 0.675. The topological polar surface area (TPSA) is 40.7 Å². The maximum atomic E-state index is 4.78. The van der Waals surface area contributed by atoms with E-state index in [0.29, 0.717) is 5.92 Å². The number of rotatable bonds is 4. The molecule has 0 amide bonds. The van der Waals surface area contributed by atoms with Crippen LogP contribution in [0, 0.1) is 0 Å². The third kappa shape index (κ3) is 2.35. The lowest BCUT2D eigenvalue weighted by Crippen LogP contribution is -2.07. The van der Waals surface area contributed by atoms with Gasteiger partial charge in [-0.15, -0.1) is 0 Å². The number of nitrogens with one attached hydrogen (secondary N) is 2. The first-order valence-electron chi connectivity index (χ1n) is 6.27. The Morgan fingerprint density at radius 2 is 2.06 bits per heavy atom. The second-order valence-electron chi connectivity index (χ2n) is 4.76. The molecule has 94 valence electrons. The van der Waals surface area contributed by atoms with E-state index in [1.807, 2.05) is 19.2 Å². The maximum Gasteiger partial charge on any atom is 0.137 e. The first-order chi connectivity index (χ1) is 8.78. The Morgan fingerprint density at radius 3 is 2.67 bits per heavy atom. The molecule has 1 saturated carbocycles. The quantitative estimate of drug-likeness (QED) is 0.908. The number of H-pyrrole nitrogens is 1. The molecule has 1 aromatic heterocycles. The third-order valence-corrected chi connectivity index (χ3v) is 3.77. The van der Waals surface area contributed by atoms with Crippen molar-refractivity contribution in [2.45, 2.75) is 25.3 Å². The summed E-state index contributed by atoms with van der Waals surface area (Å²) in [6.45, 7) is 0.857. The van der Waals surface area contributed by atoms with Crippen molar-refractivity contribution in [3.8, 4) is 11.4 Å². The summed E-state index contributed by atoms with van der Waals surface area (Å²) >= 11 is 3.46. The number of imidazole rings is 1. The van der Waals surface area contributed by atoms with Crippen LogP contribution in [0.25, 0.3) is 11.4 Å². The SMILES string of the molecule is CNCc1[nH]c(-c2ccc(Br)cc2)nc1C1CC1. The number of halogens is 1. The van der Waals surface area contributed by atoms with Crippen molar-refractivity contribution in [1.82, 2.24) is 15.3 Å². The molecule has 0 bridgehead atoms. The van der Waals surface area contributed by atoms with Gasteiger partial charge in [0.25, 0.3) is 0 Å². The molecule has 0 saturated heterocycles. The lowest BCUT2D eigenvalue weighted by atomic mass is 10.2. The van der Waals surface area contributed by atoms with Crippen LogP contribution >= 0.6 is 15.9 Å². The van der Waals surface area contributed by atoms with Crippen LogP contribution in [0.4, 0.5) is 0 Å². The molecule has 4 heteroatoms. The summed E-state index contributed by atoms with van der Waals surface area (Å²) in [5.74, 6) is 1.66. The predicted molar refractivity (Wildman–Crippen MR) is 76.5 cm³/mol. The van der Waals surface area contributed by atoms with Gasteiger partial charge in [-0.05, 0) is 32.0 Å². The van der Waals surface area contributed by atoms with Crippen LogP contribution in [-0.4, -0.2) is 17.0 Å². The largest absolute Gasteiger partial charge is 0.341 e. The fraction of sp³-hybridized carbons (Fsp3) is 0.357. The average Bonchev–Trinajstić information content (AvgIpc) is 3.13. The third-order valence-electron chi connectivity index (χ3n) is 3.25. The molecular weight excluding hydrogens is 290 g/mol. The van der Waals surface area contributed by atoms with E-state index in [2.05, 4.69) is 38.4 Å². The summed E-state index contributed by atoms with van der Waals surface area (Å²) < 4.78 is 1.09. The molecule has 1 aliphatic rings. The molecule has 0 aliphatic heterocycles. The maximum absolute atomic E-state index is 4.78. The molecule has 3 rings (SSSR count). The molecule has 1 aromatic carbocycles. The highest BCUT2D eigenvalue weighted by atomic mass is 79.9. The molecule has 1 heterocycles. The van der Waals surface area contributed by atoms with Gasteiger partial charge in [0, 0.05) is 22.5 Å². The molecule has 0 atom stereocenters. The minimum Gasteiger partial charge on any atom is -0.341 e. The van der Waals surface area contributed by atoms with Crippen LogP contribution in [0.2, 0.25) is 0 Å². The fourth-order valence-electron chi connectivity index (χ4n) is 2.17. The molecule has 0 unspecified atom stereocenters. The monoisotopic (exact) mass is 305 g/mol. The van der Waals surface area contributed by atoms with Crippen LogP contribution in [0.1, 0.15) is 30.1 Å². The Labute approximate surface area is 115 Å². The van der Waals surface area contributed by atoms with Crippen LogP contribution in [0.5, 0.6) is 0 Å². The highest BCUT2D eigenvalue weighted by molar-refractivity contribution is 9.10. The van der Waals surface area contributed by atoms with Gasteiger partial charge in [-0.25, -0.2) is 4.98 Å². The van der Waals surface area contributed by atoms with Crippen LogP contribution < -0.4 is 5.32 Å². The van der Waals surface area contributed by atoms with Crippen molar-refractivity contribution in [1.29, 1.82) is 0 Å². The van der Waals surface area contributed by atoms with Gasteiger partial charge in [0.05, 0.1) is 11.4 Å².